The molecule has 3 aromatic rings. The predicted octanol–water partition coefficient (Wildman–Crippen LogP) is 5.77. The van der Waals surface area contributed by atoms with Crippen molar-refractivity contribution in [3.05, 3.63) is 80.0 Å². The minimum atomic E-state index is -0.271. The second kappa shape index (κ2) is 8.16. The lowest BCUT2D eigenvalue weighted by Gasteiger charge is -2.10. The monoisotopic (exact) mass is 515 g/mol. The summed E-state index contributed by atoms with van der Waals surface area (Å²) >= 11 is 6.79. The molecule has 1 aromatic heterocycles. The van der Waals surface area contributed by atoms with Crippen molar-refractivity contribution in [1.82, 2.24) is 4.57 Å². The molecule has 0 spiro atoms. The van der Waals surface area contributed by atoms with Crippen molar-refractivity contribution >= 4 is 55.0 Å². The van der Waals surface area contributed by atoms with Gasteiger partial charge in [-0.1, -0.05) is 31.9 Å². The van der Waals surface area contributed by atoms with Gasteiger partial charge >= 0.3 is 0 Å². The lowest BCUT2D eigenvalue weighted by molar-refractivity contribution is 0.0990. The van der Waals surface area contributed by atoms with Crippen LogP contribution in [0.2, 0.25) is 0 Å². The summed E-state index contributed by atoms with van der Waals surface area (Å²) in [6, 6.07) is 14.8. The maximum atomic E-state index is 13.2. The van der Waals surface area contributed by atoms with Crippen LogP contribution in [0.3, 0.4) is 0 Å². The summed E-state index contributed by atoms with van der Waals surface area (Å²) in [6.07, 6.45) is 1.76. The number of amides is 2. The first-order valence-electron chi connectivity index (χ1n) is 9.30. The molecule has 0 aliphatic carbocycles. The highest BCUT2D eigenvalue weighted by Gasteiger charge is 2.31. The Bertz CT molecular complexity index is 1090. The Kier molecular flexibility index (Phi) is 5.61. The fraction of sp³-hybridized carbons (Fsp3) is 0.182. The molecule has 2 heterocycles. The topological polar surface area (TPSA) is 63.1 Å². The van der Waals surface area contributed by atoms with E-state index >= 15 is 0 Å². The maximum absolute atomic E-state index is 13.2. The Balaban J connectivity index is 1.68. The molecule has 1 aliphatic rings. The molecular formula is C22H19Br2N3O2. The Morgan fingerprint density at radius 2 is 1.31 bits per heavy atom. The smallest absolute Gasteiger partial charge is 0.258 e. The largest absolute Gasteiger partial charge is 0.347 e. The van der Waals surface area contributed by atoms with E-state index in [1.54, 1.807) is 0 Å². The number of anilines is 2. The third-order valence-corrected chi connectivity index (χ3v) is 6.14. The molecule has 0 bridgehead atoms. The van der Waals surface area contributed by atoms with E-state index in [1.165, 1.54) is 0 Å². The lowest BCUT2D eigenvalue weighted by atomic mass is 10.0. The molecule has 7 heteroatoms. The van der Waals surface area contributed by atoms with Gasteiger partial charge in [0.2, 0.25) is 0 Å². The van der Waals surface area contributed by atoms with Crippen LogP contribution in [0.5, 0.6) is 0 Å². The molecule has 0 radical (unpaired) electrons. The summed E-state index contributed by atoms with van der Waals surface area (Å²) in [5.74, 6) is -0.528. The first kappa shape index (κ1) is 19.9. The fourth-order valence-electron chi connectivity index (χ4n) is 3.74. The van der Waals surface area contributed by atoms with Gasteiger partial charge in [-0.2, -0.15) is 0 Å². The fourth-order valence-corrected chi connectivity index (χ4v) is 4.27. The van der Waals surface area contributed by atoms with Crippen molar-refractivity contribution in [2.75, 3.05) is 10.6 Å². The number of aromatic nitrogens is 1. The van der Waals surface area contributed by atoms with Gasteiger partial charge in [-0.15, -0.1) is 0 Å². The molecule has 0 saturated carbocycles. The molecule has 0 saturated heterocycles. The molecule has 0 atom stereocenters. The summed E-state index contributed by atoms with van der Waals surface area (Å²) in [4.78, 5) is 26.3. The summed E-state index contributed by atoms with van der Waals surface area (Å²) in [5.41, 5.74) is 4.04. The van der Waals surface area contributed by atoms with Crippen molar-refractivity contribution in [1.29, 1.82) is 0 Å². The molecule has 148 valence electrons. The maximum Gasteiger partial charge on any atom is 0.258 e. The van der Waals surface area contributed by atoms with Crippen molar-refractivity contribution in [3.63, 3.8) is 0 Å². The Hall–Kier alpha value is -2.38. The van der Waals surface area contributed by atoms with Crippen LogP contribution < -0.4 is 10.6 Å². The van der Waals surface area contributed by atoms with E-state index in [0.29, 0.717) is 22.5 Å². The van der Waals surface area contributed by atoms with Crippen LogP contribution in [-0.4, -0.2) is 16.4 Å². The second-order valence-corrected chi connectivity index (χ2v) is 8.79. The van der Waals surface area contributed by atoms with E-state index in [-0.39, 0.29) is 11.8 Å². The van der Waals surface area contributed by atoms with E-state index < -0.39 is 0 Å². The highest BCUT2D eigenvalue weighted by atomic mass is 79.9. The molecule has 0 unspecified atom stereocenters. The molecular weight excluding hydrogens is 498 g/mol. The number of benzene rings is 2. The molecule has 4 rings (SSSR count). The summed E-state index contributed by atoms with van der Waals surface area (Å²) in [6.45, 7) is 2.73. The minimum Gasteiger partial charge on any atom is -0.347 e. The van der Waals surface area contributed by atoms with Gasteiger partial charge in [-0.05, 0) is 68.3 Å². The van der Waals surface area contributed by atoms with Crippen molar-refractivity contribution < 1.29 is 9.59 Å². The first-order chi connectivity index (χ1) is 13.9. The van der Waals surface area contributed by atoms with Gasteiger partial charge in [0.15, 0.2) is 0 Å². The number of nitrogens with zero attached hydrogens (tertiary/aromatic N) is 1. The average Bonchev–Trinajstić information content (AvgIpc) is 3.27. The van der Waals surface area contributed by atoms with Crippen molar-refractivity contribution in [2.45, 2.75) is 26.3 Å². The van der Waals surface area contributed by atoms with E-state index in [9.17, 15) is 9.59 Å². The van der Waals surface area contributed by atoms with E-state index in [0.717, 1.165) is 39.7 Å². The van der Waals surface area contributed by atoms with E-state index in [1.807, 2.05) is 55.5 Å². The standard InChI is InChI=1S/C22H19Br2N3O2/c1-13-19(21(28)25-16-8-4-14(23)5-9-16)20(18-3-2-12-27(13)18)22(29)26-17-10-6-15(24)7-11-17/h4-11H,2-3,12H2,1H3,(H,25,28)(H,26,29). The van der Waals surface area contributed by atoms with Gasteiger partial charge in [0.1, 0.15) is 0 Å². The Morgan fingerprint density at radius 3 is 1.83 bits per heavy atom. The Labute approximate surface area is 185 Å². The first-order valence-corrected chi connectivity index (χ1v) is 10.9. The summed E-state index contributed by atoms with van der Waals surface area (Å²) in [7, 11) is 0. The normalized spacial score (nSPS) is 12.5. The zero-order chi connectivity index (χ0) is 20.5. The quantitative estimate of drug-likeness (QED) is 0.462. The highest BCUT2D eigenvalue weighted by Crippen LogP contribution is 2.30. The lowest BCUT2D eigenvalue weighted by Crippen LogP contribution is -2.20. The van der Waals surface area contributed by atoms with Crippen LogP contribution in [0.1, 0.15) is 38.5 Å². The number of fused-ring (bicyclic) bond motifs is 1. The molecule has 2 N–H and O–H groups in total. The minimum absolute atomic E-state index is 0.257. The van der Waals surface area contributed by atoms with Crippen LogP contribution >= 0.6 is 31.9 Å². The van der Waals surface area contributed by atoms with Crippen LogP contribution in [0, 0.1) is 6.92 Å². The number of carbonyl (C=O) groups is 2. The molecule has 2 aromatic carbocycles. The van der Waals surface area contributed by atoms with Crippen LogP contribution in [0.4, 0.5) is 11.4 Å². The van der Waals surface area contributed by atoms with Gasteiger partial charge < -0.3 is 15.2 Å². The van der Waals surface area contributed by atoms with Gasteiger partial charge in [0.25, 0.3) is 11.8 Å². The van der Waals surface area contributed by atoms with Gasteiger partial charge in [-0.25, -0.2) is 0 Å². The number of nitrogens with one attached hydrogen (secondary N) is 2. The zero-order valence-electron chi connectivity index (χ0n) is 15.8. The third-order valence-electron chi connectivity index (χ3n) is 5.08. The predicted molar refractivity (Wildman–Crippen MR) is 122 cm³/mol. The summed E-state index contributed by atoms with van der Waals surface area (Å²) < 4.78 is 3.96. The highest BCUT2D eigenvalue weighted by molar-refractivity contribution is 9.10. The van der Waals surface area contributed by atoms with Crippen molar-refractivity contribution in [3.8, 4) is 0 Å². The number of rotatable bonds is 4. The number of halogens is 2. The molecule has 1 aliphatic heterocycles. The second-order valence-electron chi connectivity index (χ2n) is 6.96. The SMILES string of the molecule is Cc1c(C(=O)Nc2ccc(Br)cc2)c(C(=O)Nc2ccc(Br)cc2)c2n1CCC2. The van der Waals surface area contributed by atoms with E-state index in [4.69, 9.17) is 0 Å². The summed E-state index contributed by atoms with van der Waals surface area (Å²) in [5, 5.41) is 5.86. The molecule has 2 amide bonds. The van der Waals surface area contributed by atoms with Gasteiger partial charge in [-0.3, -0.25) is 9.59 Å². The van der Waals surface area contributed by atoms with Crippen LogP contribution in [0.15, 0.2) is 57.5 Å². The van der Waals surface area contributed by atoms with Gasteiger partial charge in [0.05, 0.1) is 11.1 Å². The van der Waals surface area contributed by atoms with Crippen LogP contribution in [0.25, 0.3) is 0 Å². The third kappa shape index (κ3) is 4.02. The van der Waals surface area contributed by atoms with Crippen molar-refractivity contribution in [2.24, 2.45) is 0 Å². The Morgan fingerprint density at radius 1 is 0.828 bits per heavy atom. The number of carbonyl (C=O) groups excluding carboxylic acids is 2. The molecule has 5 nitrogen and oxygen atoms in total. The van der Waals surface area contributed by atoms with E-state index in [2.05, 4.69) is 47.1 Å². The zero-order valence-corrected chi connectivity index (χ0v) is 18.9. The number of hydrogen-bond acceptors (Lipinski definition) is 2. The molecule has 0 fully saturated rings. The molecule has 29 heavy (non-hydrogen) atoms. The number of hydrogen-bond donors (Lipinski definition) is 2. The van der Waals surface area contributed by atoms with Crippen LogP contribution in [-0.2, 0) is 13.0 Å². The van der Waals surface area contributed by atoms with Gasteiger partial charge in [0, 0.05) is 38.3 Å². The average molecular weight is 517 g/mol.